The topological polar surface area (TPSA) is 134 Å². The second kappa shape index (κ2) is 15.1. The Morgan fingerprint density at radius 3 is 2.35 bits per heavy atom. The molecule has 1 aliphatic heterocycles. The summed E-state index contributed by atoms with van der Waals surface area (Å²) in [6, 6.07) is 28.5. The summed E-state index contributed by atoms with van der Waals surface area (Å²) < 4.78 is 18.2. The quantitative estimate of drug-likeness (QED) is 0.0913. The van der Waals surface area contributed by atoms with E-state index in [0.29, 0.717) is 35.0 Å². The van der Waals surface area contributed by atoms with Gasteiger partial charge in [0.15, 0.2) is 11.4 Å². The molecular weight excluding hydrogens is 742 g/mol. The Balaban J connectivity index is 1.11. The Kier molecular flexibility index (Phi) is 9.82. The second-order valence-electron chi connectivity index (χ2n) is 15.3. The van der Waals surface area contributed by atoms with Gasteiger partial charge in [-0.3, -0.25) is 14.5 Å². The lowest BCUT2D eigenvalue weighted by Gasteiger charge is -2.48. The molecule has 0 radical (unpaired) electrons. The molecule has 4 aromatic carbocycles. The van der Waals surface area contributed by atoms with Gasteiger partial charge in [0.1, 0.15) is 30.3 Å². The zero-order valence-corrected chi connectivity index (χ0v) is 32.0. The molecule has 0 saturated heterocycles. The molecule has 9 rings (SSSR count). The predicted octanol–water partition coefficient (Wildman–Crippen LogP) is 7.52. The van der Waals surface area contributed by atoms with Crippen molar-refractivity contribution in [3.63, 3.8) is 0 Å². The molecule has 4 atom stereocenters. The largest absolute Gasteiger partial charge is 0.507 e. The van der Waals surface area contributed by atoms with Crippen molar-refractivity contribution in [3.05, 3.63) is 165 Å². The molecular formula is C46H42ClN3O7. The summed E-state index contributed by atoms with van der Waals surface area (Å²) in [4.78, 5) is 31.8. The normalized spacial score (nSPS) is 22.5. The van der Waals surface area contributed by atoms with Crippen molar-refractivity contribution >= 4 is 28.9 Å². The van der Waals surface area contributed by atoms with E-state index in [2.05, 4.69) is 46.2 Å². The van der Waals surface area contributed by atoms with Gasteiger partial charge in [-0.15, -0.1) is 6.58 Å². The number of benzene rings is 4. The summed E-state index contributed by atoms with van der Waals surface area (Å²) in [5.41, 5.74) is 3.50. The van der Waals surface area contributed by atoms with Crippen LogP contribution in [-0.2, 0) is 43.9 Å². The number of aromatic nitrogens is 1. The van der Waals surface area contributed by atoms with E-state index in [0.717, 1.165) is 36.2 Å². The Hall–Kier alpha value is -5.52. The van der Waals surface area contributed by atoms with Crippen molar-refractivity contribution in [2.45, 2.75) is 57.2 Å². The Bertz CT molecular complexity index is 2410. The summed E-state index contributed by atoms with van der Waals surface area (Å²) in [6.07, 6.45) is 3.01. The van der Waals surface area contributed by atoms with Crippen LogP contribution in [0.25, 0.3) is 5.76 Å². The molecule has 10 nitrogen and oxygen atoms in total. The van der Waals surface area contributed by atoms with Crippen molar-refractivity contribution in [1.29, 1.82) is 0 Å². The summed E-state index contributed by atoms with van der Waals surface area (Å²) in [5, 5.41) is 32.7. The number of aliphatic hydroxyl groups excluding tert-OH is 1. The number of ether oxygens (including phenoxy) is 2. The van der Waals surface area contributed by atoms with Gasteiger partial charge in [-0.1, -0.05) is 103 Å². The van der Waals surface area contributed by atoms with Gasteiger partial charge < -0.3 is 29.5 Å². The smallest absolute Gasteiger partial charge is 0.265 e. The fraction of sp³-hybridized carbons (Fsp3) is 0.283. The molecule has 2 heterocycles. The molecule has 290 valence electrons. The number of aliphatic hydroxyl groups is 2. The van der Waals surface area contributed by atoms with Crippen LogP contribution in [0.3, 0.4) is 0 Å². The average molecular weight is 784 g/mol. The summed E-state index contributed by atoms with van der Waals surface area (Å²) in [5.74, 6) is -3.21. The van der Waals surface area contributed by atoms with Crippen LogP contribution in [0.15, 0.2) is 114 Å². The van der Waals surface area contributed by atoms with E-state index in [4.69, 9.17) is 25.6 Å². The fourth-order valence-electron chi connectivity index (χ4n) is 9.11. The van der Waals surface area contributed by atoms with Gasteiger partial charge in [-0.05, 0) is 69.8 Å². The van der Waals surface area contributed by atoms with Crippen LogP contribution in [0.4, 0.5) is 0 Å². The van der Waals surface area contributed by atoms with Gasteiger partial charge in [0.05, 0.1) is 11.6 Å². The van der Waals surface area contributed by atoms with Gasteiger partial charge in [0.2, 0.25) is 11.6 Å². The standard InChI is InChI=1S/C46H42ClN3O7/c1-2-18-48-40-34-21-31-20-33-37(41(51)36(31)43(52)46(34,54)44(53)38-42(40)57-49-45(38)56-26-28-13-7-4-8-14-28)35(55-25-27-11-5-3-6-12-27)22-32(39(33)47)24-50-19-17-29-15-9-10-16-30(29)23-50/h2-16,22,31,34,40,48,51,54H,1,17-21,23-26H2/t31-,34-,40-,46-/m0/s1. The minimum absolute atomic E-state index is 0.0234. The van der Waals surface area contributed by atoms with Crippen molar-refractivity contribution in [2.24, 2.45) is 11.8 Å². The SMILES string of the molecule is C=CCN[C@@H]1c2onc(OCc3ccccc3)c2C(=O)[C@@]2(O)C(=O)C3=C(O)c4c(OCc5ccccc5)cc(CN5CCc6ccccc6C5)c(Cl)c4C[C@H]3C[C@@H]12. The maximum atomic E-state index is 14.9. The number of hydrogen-bond acceptors (Lipinski definition) is 10. The lowest BCUT2D eigenvalue weighted by Crippen LogP contribution is -2.63. The van der Waals surface area contributed by atoms with Crippen molar-refractivity contribution in [1.82, 2.24) is 15.4 Å². The minimum atomic E-state index is -2.56. The molecule has 5 aromatic rings. The Morgan fingerprint density at radius 1 is 0.947 bits per heavy atom. The van der Waals surface area contributed by atoms with Gasteiger partial charge in [0.25, 0.3) is 5.88 Å². The predicted molar refractivity (Wildman–Crippen MR) is 214 cm³/mol. The molecule has 3 aliphatic carbocycles. The van der Waals surface area contributed by atoms with E-state index in [1.165, 1.54) is 11.1 Å². The summed E-state index contributed by atoms with van der Waals surface area (Å²) >= 11 is 7.33. The first-order chi connectivity index (χ1) is 27.8. The first-order valence-electron chi connectivity index (χ1n) is 19.3. The number of nitrogens with zero attached hydrogens (tertiary/aromatic N) is 2. The van der Waals surface area contributed by atoms with Gasteiger partial charge in [-0.2, -0.15) is 0 Å². The molecule has 4 aliphatic rings. The Morgan fingerprint density at radius 2 is 1.63 bits per heavy atom. The molecule has 0 bridgehead atoms. The molecule has 3 N–H and O–H groups in total. The minimum Gasteiger partial charge on any atom is -0.507 e. The number of carbonyl (C=O) groups is 2. The number of carbonyl (C=O) groups excluding carboxylic acids is 2. The molecule has 11 heteroatoms. The van der Waals surface area contributed by atoms with Crippen LogP contribution in [0.5, 0.6) is 11.6 Å². The Labute approximate surface area is 335 Å². The van der Waals surface area contributed by atoms with Crippen LogP contribution < -0.4 is 14.8 Å². The van der Waals surface area contributed by atoms with E-state index in [1.807, 2.05) is 66.7 Å². The zero-order valence-electron chi connectivity index (χ0n) is 31.2. The van der Waals surface area contributed by atoms with Gasteiger partial charge in [-0.25, -0.2) is 0 Å². The third kappa shape index (κ3) is 6.46. The number of Topliss-reactive ketones (excluding diaryl/α,β-unsaturated/α-hetero) is 2. The molecule has 0 spiro atoms. The van der Waals surface area contributed by atoms with E-state index in [1.54, 1.807) is 6.08 Å². The molecule has 57 heavy (non-hydrogen) atoms. The number of ketones is 2. The molecule has 0 unspecified atom stereocenters. The number of halogens is 1. The van der Waals surface area contributed by atoms with Crippen LogP contribution in [0.2, 0.25) is 5.02 Å². The van der Waals surface area contributed by atoms with Crippen molar-refractivity contribution in [2.75, 3.05) is 13.1 Å². The number of fused-ring (bicyclic) bond motifs is 5. The van der Waals surface area contributed by atoms with Crippen LogP contribution in [0.1, 0.15) is 67.5 Å². The third-order valence-corrected chi connectivity index (χ3v) is 12.4. The van der Waals surface area contributed by atoms with Crippen molar-refractivity contribution < 1.29 is 33.8 Å². The highest BCUT2D eigenvalue weighted by Gasteiger charge is 2.65. The van der Waals surface area contributed by atoms with E-state index in [9.17, 15) is 19.8 Å². The summed E-state index contributed by atoms with van der Waals surface area (Å²) in [7, 11) is 0. The number of nitrogens with one attached hydrogen (secondary N) is 1. The third-order valence-electron chi connectivity index (χ3n) is 11.9. The van der Waals surface area contributed by atoms with E-state index < -0.39 is 35.0 Å². The maximum Gasteiger partial charge on any atom is 0.265 e. The number of hydrogen-bond donors (Lipinski definition) is 3. The average Bonchev–Trinajstić information content (AvgIpc) is 3.66. The molecule has 1 fully saturated rings. The summed E-state index contributed by atoms with van der Waals surface area (Å²) in [6.45, 7) is 6.59. The van der Waals surface area contributed by atoms with Crippen LogP contribution >= 0.6 is 11.6 Å². The molecule has 1 saturated carbocycles. The maximum absolute atomic E-state index is 14.9. The van der Waals surface area contributed by atoms with E-state index in [-0.39, 0.29) is 54.6 Å². The lowest BCUT2D eigenvalue weighted by molar-refractivity contribution is -0.140. The molecule has 1 aromatic heterocycles. The molecule has 0 amide bonds. The monoisotopic (exact) mass is 783 g/mol. The highest BCUT2D eigenvalue weighted by molar-refractivity contribution is 6.33. The fourth-order valence-corrected chi connectivity index (χ4v) is 9.40. The highest BCUT2D eigenvalue weighted by atomic mass is 35.5. The lowest BCUT2D eigenvalue weighted by atomic mass is 9.57. The first-order valence-corrected chi connectivity index (χ1v) is 19.7. The van der Waals surface area contributed by atoms with Gasteiger partial charge >= 0.3 is 0 Å². The van der Waals surface area contributed by atoms with E-state index >= 15 is 0 Å². The van der Waals surface area contributed by atoms with Gasteiger partial charge in [0, 0.05) is 42.7 Å². The van der Waals surface area contributed by atoms with Crippen LogP contribution in [0, 0.1) is 11.8 Å². The van der Waals surface area contributed by atoms with Crippen molar-refractivity contribution in [3.8, 4) is 11.6 Å². The second-order valence-corrected chi connectivity index (χ2v) is 15.7. The zero-order chi connectivity index (χ0) is 39.3. The van der Waals surface area contributed by atoms with Crippen LogP contribution in [-0.4, -0.2) is 50.5 Å². The highest BCUT2D eigenvalue weighted by Crippen LogP contribution is 2.56. The first kappa shape index (κ1) is 37.1. The number of rotatable bonds is 11.